The van der Waals surface area contributed by atoms with Crippen molar-refractivity contribution in [1.29, 1.82) is 0 Å². The van der Waals surface area contributed by atoms with Gasteiger partial charge in [0.2, 0.25) is 17.6 Å². The predicted octanol–water partition coefficient (Wildman–Crippen LogP) is 3.55. The lowest BCUT2D eigenvalue weighted by molar-refractivity contribution is -0.116. The van der Waals surface area contributed by atoms with Gasteiger partial charge in [-0.3, -0.25) is 14.9 Å². The Morgan fingerprint density at radius 3 is 2.96 bits per heavy atom. The number of carbonyl (C=O) groups excluding carboxylic acids is 1. The van der Waals surface area contributed by atoms with Crippen molar-refractivity contribution >= 4 is 11.7 Å². The fourth-order valence-corrected chi connectivity index (χ4v) is 3.61. The van der Waals surface area contributed by atoms with Crippen molar-refractivity contribution in [2.45, 2.75) is 51.4 Å². The standard InChI is InChI=1S/C20H24N6O2/c27-18(9-10-19-23-20(26-28-19)16-8-4-5-11-21-16)22-17-13-15(24-25-17)12-14-6-2-1-3-7-14/h4-5,8,11,13-14H,1-3,6-7,9-10,12H2,(H2,22,24,25,27). The average Bonchev–Trinajstić information content (AvgIpc) is 3.38. The molecule has 0 radical (unpaired) electrons. The minimum absolute atomic E-state index is 0.131. The van der Waals surface area contributed by atoms with Crippen LogP contribution >= 0.6 is 0 Å². The summed E-state index contributed by atoms with van der Waals surface area (Å²) in [6.45, 7) is 0. The molecule has 1 amide bonds. The zero-order valence-corrected chi connectivity index (χ0v) is 15.7. The first-order chi connectivity index (χ1) is 13.8. The van der Waals surface area contributed by atoms with Crippen LogP contribution in [0.2, 0.25) is 0 Å². The molecule has 0 aromatic carbocycles. The molecule has 8 heteroatoms. The number of hydrogen-bond donors (Lipinski definition) is 2. The molecule has 1 fully saturated rings. The van der Waals surface area contributed by atoms with Crippen LogP contribution in [-0.4, -0.2) is 31.2 Å². The lowest BCUT2D eigenvalue weighted by Crippen LogP contribution is -2.12. The summed E-state index contributed by atoms with van der Waals surface area (Å²) in [5, 5.41) is 14.0. The van der Waals surface area contributed by atoms with Crippen LogP contribution in [0.3, 0.4) is 0 Å². The predicted molar refractivity (Wildman–Crippen MR) is 103 cm³/mol. The highest BCUT2D eigenvalue weighted by Gasteiger charge is 2.16. The fraction of sp³-hybridized carbons (Fsp3) is 0.450. The number of nitrogens with one attached hydrogen (secondary N) is 2. The largest absolute Gasteiger partial charge is 0.339 e. The van der Waals surface area contributed by atoms with Crippen LogP contribution in [0.4, 0.5) is 5.82 Å². The Balaban J connectivity index is 1.25. The maximum atomic E-state index is 12.2. The summed E-state index contributed by atoms with van der Waals surface area (Å²) in [6.07, 6.45) is 9.84. The number of anilines is 1. The van der Waals surface area contributed by atoms with Crippen molar-refractivity contribution in [2.75, 3.05) is 5.32 Å². The summed E-state index contributed by atoms with van der Waals surface area (Å²) < 4.78 is 5.21. The van der Waals surface area contributed by atoms with Crippen LogP contribution in [0.5, 0.6) is 0 Å². The quantitative estimate of drug-likeness (QED) is 0.649. The van der Waals surface area contributed by atoms with Crippen LogP contribution < -0.4 is 5.32 Å². The number of aromatic amines is 1. The normalized spacial score (nSPS) is 14.9. The third kappa shape index (κ3) is 4.82. The molecule has 0 atom stereocenters. The van der Waals surface area contributed by atoms with E-state index in [1.54, 1.807) is 6.20 Å². The van der Waals surface area contributed by atoms with Crippen LogP contribution in [0.15, 0.2) is 35.0 Å². The van der Waals surface area contributed by atoms with E-state index in [9.17, 15) is 4.79 Å². The number of H-pyrrole nitrogens is 1. The van der Waals surface area contributed by atoms with Gasteiger partial charge in [0.05, 0.1) is 0 Å². The molecular formula is C20H24N6O2. The zero-order valence-electron chi connectivity index (χ0n) is 15.7. The third-order valence-corrected chi connectivity index (χ3v) is 5.06. The van der Waals surface area contributed by atoms with Gasteiger partial charge in [0.15, 0.2) is 5.82 Å². The molecule has 0 bridgehead atoms. The Hall–Kier alpha value is -3.03. The maximum absolute atomic E-state index is 12.2. The van der Waals surface area contributed by atoms with Crippen molar-refractivity contribution in [2.24, 2.45) is 5.92 Å². The Kier molecular flexibility index (Phi) is 5.75. The molecule has 0 saturated heterocycles. The number of rotatable bonds is 7. The molecule has 0 spiro atoms. The number of carbonyl (C=O) groups is 1. The van der Waals surface area contributed by atoms with Gasteiger partial charge in [-0.05, 0) is 24.5 Å². The molecule has 1 aliphatic rings. The summed E-state index contributed by atoms with van der Waals surface area (Å²) in [6, 6.07) is 7.42. The minimum Gasteiger partial charge on any atom is -0.339 e. The second-order valence-corrected chi connectivity index (χ2v) is 7.26. The topological polar surface area (TPSA) is 110 Å². The average molecular weight is 380 g/mol. The van der Waals surface area contributed by atoms with E-state index in [1.165, 1.54) is 32.1 Å². The molecular weight excluding hydrogens is 356 g/mol. The first kappa shape index (κ1) is 18.3. The number of aromatic nitrogens is 5. The second kappa shape index (κ2) is 8.77. The van der Waals surface area contributed by atoms with E-state index in [-0.39, 0.29) is 12.3 Å². The van der Waals surface area contributed by atoms with Gasteiger partial charge in [-0.1, -0.05) is 43.3 Å². The smallest absolute Gasteiger partial charge is 0.227 e. The van der Waals surface area contributed by atoms with Crippen molar-refractivity contribution in [3.63, 3.8) is 0 Å². The monoisotopic (exact) mass is 380 g/mol. The van der Waals surface area contributed by atoms with E-state index in [4.69, 9.17) is 4.52 Å². The van der Waals surface area contributed by atoms with E-state index in [1.807, 2.05) is 24.3 Å². The number of amides is 1. The highest BCUT2D eigenvalue weighted by atomic mass is 16.5. The van der Waals surface area contributed by atoms with Gasteiger partial charge in [-0.25, -0.2) is 0 Å². The van der Waals surface area contributed by atoms with Gasteiger partial charge in [0, 0.05) is 30.8 Å². The molecule has 0 unspecified atom stereocenters. The van der Waals surface area contributed by atoms with E-state index in [2.05, 4.69) is 30.6 Å². The summed E-state index contributed by atoms with van der Waals surface area (Å²) in [5.41, 5.74) is 1.73. The first-order valence-corrected chi connectivity index (χ1v) is 9.84. The molecule has 146 valence electrons. The molecule has 3 aromatic rings. The summed E-state index contributed by atoms with van der Waals surface area (Å²) in [4.78, 5) is 20.7. The van der Waals surface area contributed by atoms with Gasteiger partial charge in [-0.15, -0.1) is 0 Å². The van der Waals surface area contributed by atoms with Crippen LogP contribution in [0.1, 0.15) is 50.1 Å². The summed E-state index contributed by atoms with van der Waals surface area (Å²) >= 11 is 0. The van der Waals surface area contributed by atoms with E-state index >= 15 is 0 Å². The Labute approximate surface area is 163 Å². The molecule has 1 aliphatic carbocycles. The molecule has 4 rings (SSSR count). The Morgan fingerprint density at radius 2 is 2.14 bits per heavy atom. The van der Waals surface area contributed by atoms with Crippen molar-refractivity contribution in [3.8, 4) is 11.5 Å². The zero-order chi connectivity index (χ0) is 19.2. The van der Waals surface area contributed by atoms with Crippen molar-refractivity contribution in [1.82, 2.24) is 25.3 Å². The summed E-state index contributed by atoms with van der Waals surface area (Å²) in [5.74, 6) is 2.00. The number of pyridine rings is 1. The van der Waals surface area contributed by atoms with E-state index in [0.717, 1.165) is 18.0 Å². The molecule has 1 saturated carbocycles. The highest BCUT2D eigenvalue weighted by Crippen LogP contribution is 2.26. The number of aryl methyl sites for hydroxylation is 1. The Morgan fingerprint density at radius 1 is 1.25 bits per heavy atom. The summed E-state index contributed by atoms with van der Waals surface area (Å²) in [7, 11) is 0. The minimum atomic E-state index is -0.131. The fourth-order valence-electron chi connectivity index (χ4n) is 3.61. The maximum Gasteiger partial charge on any atom is 0.227 e. The Bertz CT molecular complexity index is 898. The molecule has 0 aliphatic heterocycles. The molecule has 3 heterocycles. The molecule has 28 heavy (non-hydrogen) atoms. The van der Waals surface area contributed by atoms with E-state index in [0.29, 0.717) is 29.6 Å². The SMILES string of the molecule is O=C(CCc1nc(-c2ccccn2)no1)Nc1cc(CC2CCCCC2)[nH]n1. The number of hydrogen-bond acceptors (Lipinski definition) is 6. The second-order valence-electron chi connectivity index (χ2n) is 7.26. The van der Waals surface area contributed by atoms with Gasteiger partial charge < -0.3 is 9.84 Å². The van der Waals surface area contributed by atoms with Gasteiger partial charge in [0.25, 0.3) is 0 Å². The van der Waals surface area contributed by atoms with E-state index < -0.39 is 0 Å². The third-order valence-electron chi connectivity index (χ3n) is 5.06. The van der Waals surface area contributed by atoms with Crippen molar-refractivity contribution in [3.05, 3.63) is 42.0 Å². The van der Waals surface area contributed by atoms with Gasteiger partial charge >= 0.3 is 0 Å². The first-order valence-electron chi connectivity index (χ1n) is 9.84. The van der Waals surface area contributed by atoms with Crippen molar-refractivity contribution < 1.29 is 9.32 Å². The molecule has 3 aromatic heterocycles. The highest BCUT2D eigenvalue weighted by molar-refractivity contribution is 5.89. The van der Waals surface area contributed by atoms with Gasteiger partial charge in [-0.2, -0.15) is 10.1 Å². The molecule has 2 N–H and O–H groups in total. The van der Waals surface area contributed by atoms with Crippen LogP contribution in [0, 0.1) is 5.92 Å². The lowest BCUT2D eigenvalue weighted by atomic mass is 9.86. The van der Waals surface area contributed by atoms with Crippen LogP contribution in [0.25, 0.3) is 11.5 Å². The van der Waals surface area contributed by atoms with Crippen LogP contribution in [-0.2, 0) is 17.6 Å². The number of nitrogens with zero attached hydrogens (tertiary/aromatic N) is 4. The van der Waals surface area contributed by atoms with Gasteiger partial charge in [0.1, 0.15) is 5.69 Å². The lowest BCUT2D eigenvalue weighted by Gasteiger charge is -2.20. The molecule has 8 nitrogen and oxygen atoms in total.